The van der Waals surface area contributed by atoms with Crippen LogP contribution < -0.4 is 14.9 Å². The molecule has 0 aliphatic heterocycles. The first-order valence-corrected chi connectivity index (χ1v) is 8.70. The van der Waals surface area contributed by atoms with Crippen molar-refractivity contribution in [1.29, 1.82) is 0 Å². The monoisotopic (exact) mass is 384 g/mol. The standard InChI is InChI=1S/C20H21BO7/c1-2-19(22)27-13-7-6-12-26-16-10-11-17(21(24)25)18(14-16)28-20(23)15-8-4-3-5-9-15/h2-5,8-11,14,24-25H,1,6-7,12-13H2. The third-order valence-electron chi connectivity index (χ3n) is 3.69. The molecular formula is C20H21BO7. The number of rotatable bonds is 10. The van der Waals surface area contributed by atoms with Gasteiger partial charge in [-0.15, -0.1) is 0 Å². The van der Waals surface area contributed by atoms with Crippen LogP contribution >= 0.6 is 0 Å². The Balaban J connectivity index is 1.95. The molecule has 2 rings (SSSR count). The SMILES string of the molecule is C=CC(=O)OCCCCOc1ccc(B(O)O)c(OC(=O)c2ccccc2)c1. The van der Waals surface area contributed by atoms with Crippen LogP contribution in [0.1, 0.15) is 23.2 Å². The molecule has 0 unspecified atom stereocenters. The first-order chi connectivity index (χ1) is 13.5. The molecule has 28 heavy (non-hydrogen) atoms. The van der Waals surface area contributed by atoms with Gasteiger partial charge in [-0.25, -0.2) is 9.59 Å². The number of carbonyl (C=O) groups excluding carboxylic acids is 2. The van der Waals surface area contributed by atoms with Gasteiger partial charge in [0.05, 0.1) is 18.8 Å². The van der Waals surface area contributed by atoms with Gasteiger partial charge in [0.15, 0.2) is 0 Å². The van der Waals surface area contributed by atoms with Gasteiger partial charge < -0.3 is 24.3 Å². The molecule has 0 atom stereocenters. The smallest absolute Gasteiger partial charge is 0.492 e. The van der Waals surface area contributed by atoms with Crippen molar-refractivity contribution < 1.29 is 33.8 Å². The lowest BCUT2D eigenvalue weighted by molar-refractivity contribution is -0.137. The lowest BCUT2D eigenvalue weighted by Gasteiger charge is -2.13. The molecule has 2 aromatic rings. The summed E-state index contributed by atoms with van der Waals surface area (Å²) < 4.78 is 15.8. The Kier molecular flexibility index (Phi) is 8.26. The number of benzene rings is 2. The van der Waals surface area contributed by atoms with Gasteiger partial charge in [0, 0.05) is 17.6 Å². The summed E-state index contributed by atoms with van der Waals surface area (Å²) in [5.74, 6) is -0.683. The molecule has 0 amide bonds. The Labute approximate surface area is 163 Å². The molecule has 8 heteroatoms. The highest BCUT2D eigenvalue weighted by Gasteiger charge is 2.20. The quantitative estimate of drug-likeness (QED) is 0.210. The van der Waals surface area contributed by atoms with Crippen molar-refractivity contribution in [3.8, 4) is 11.5 Å². The minimum absolute atomic E-state index is 0.00117. The van der Waals surface area contributed by atoms with Crippen LogP contribution in [0, 0.1) is 0 Å². The van der Waals surface area contributed by atoms with Gasteiger partial charge in [-0.05, 0) is 31.0 Å². The van der Waals surface area contributed by atoms with Gasteiger partial charge >= 0.3 is 19.1 Å². The van der Waals surface area contributed by atoms with Gasteiger partial charge in [0.25, 0.3) is 0 Å². The van der Waals surface area contributed by atoms with E-state index in [9.17, 15) is 19.6 Å². The average molecular weight is 384 g/mol. The van der Waals surface area contributed by atoms with E-state index >= 15 is 0 Å². The molecule has 0 fully saturated rings. The zero-order chi connectivity index (χ0) is 20.4. The molecule has 2 aromatic carbocycles. The second kappa shape index (κ2) is 10.9. The summed E-state index contributed by atoms with van der Waals surface area (Å²) in [4.78, 5) is 23.2. The summed E-state index contributed by atoms with van der Waals surface area (Å²) in [6, 6.07) is 12.7. The first kappa shape index (κ1) is 21.2. The third kappa shape index (κ3) is 6.57. The van der Waals surface area contributed by atoms with E-state index in [0.29, 0.717) is 30.8 Å². The first-order valence-electron chi connectivity index (χ1n) is 8.70. The highest BCUT2D eigenvalue weighted by molar-refractivity contribution is 6.59. The number of unbranched alkanes of at least 4 members (excludes halogenated alkanes) is 1. The fraction of sp³-hybridized carbons (Fsp3) is 0.200. The van der Waals surface area contributed by atoms with Crippen molar-refractivity contribution in [2.45, 2.75) is 12.8 Å². The predicted octanol–water partition coefficient (Wildman–Crippen LogP) is 1.47. The van der Waals surface area contributed by atoms with E-state index in [1.807, 2.05) is 0 Å². The normalized spacial score (nSPS) is 10.1. The Hall–Kier alpha value is -3.10. The zero-order valence-corrected chi connectivity index (χ0v) is 15.2. The van der Waals surface area contributed by atoms with Crippen LogP contribution in [-0.2, 0) is 9.53 Å². The third-order valence-corrected chi connectivity index (χ3v) is 3.69. The minimum atomic E-state index is -1.80. The molecule has 0 bridgehead atoms. The van der Waals surface area contributed by atoms with Crippen molar-refractivity contribution in [2.24, 2.45) is 0 Å². The molecule has 2 N–H and O–H groups in total. The van der Waals surface area contributed by atoms with Gasteiger partial charge in [-0.2, -0.15) is 0 Å². The molecule has 0 aliphatic carbocycles. The zero-order valence-electron chi connectivity index (χ0n) is 15.2. The number of hydrogen-bond acceptors (Lipinski definition) is 7. The Morgan fingerprint density at radius 3 is 2.43 bits per heavy atom. The van der Waals surface area contributed by atoms with E-state index in [4.69, 9.17) is 14.2 Å². The fourth-order valence-corrected chi connectivity index (χ4v) is 2.27. The Bertz CT molecular complexity index is 805. The summed E-state index contributed by atoms with van der Waals surface area (Å²) in [7, 11) is -1.80. The molecule has 0 heterocycles. The van der Waals surface area contributed by atoms with Crippen LogP contribution in [0.15, 0.2) is 61.2 Å². The Morgan fingerprint density at radius 1 is 1.04 bits per heavy atom. The maximum atomic E-state index is 12.2. The lowest BCUT2D eigenvalue weighted by Crippen LogP contribution is -2.32. The van der Waals surface area contributed by atoms with E-state index in [-0.39, 0.29) is 17.8 Å². The van der Waals surface area contributed by atoms with E-state index in [0.717, 1.165) is 6.08 Å². The van der Waals surface area contributed by atoms with Crippen LogP contribution in [0.5, 0.6) is 11.5 Å². The second-order valence-electron chi connectivity index (χ2n) is 5.76. The van der Waals surface area contributed by atoms with Gasteiger partial charge in [0.2, 0.25) is 0 Å². The highest BCUT2D eigenvalue weighted by atomic mass is 16.5. The van der Waals surface area contributed by atoms with Crippen molar-refractivity contribution in [1.82, 2.24) is 0 Å². The van der Waals surface area contributed by atoms with Crippen LogP contribution in [-0.4, -0.2) is 42.3 Å². The summed E-state index contributed by atoms with van der Waals surface area (Å²) >= 11 is 0. The lowest BCUT2D eigenvalue weighted by atomic mass is 9.79. The van der Waals surface area contributed by atoms with E-state index in [2.05, 4.69) is 6.58 Å². The van der Waals surface area contributed by atoms with Crippen molar-refractivity contribution >= 4 is 24.5 Å². The number of esters is 2. The van der Waals surface area contributed by atoms with Gasteiger partial charge in [0.1, 0.15) is 11.5 Å². The number of hydrogen-bond donors (Lipinski definition) is 2. The highest BCUT2D eigenvalue weighted by Crippen LogP contribution is 2.20. The molecule has 7 nitrogen and oxygen atoms in total. The van der Waals surface area contributed by atoms with Crippen molar-refractivity contribution in [2.75, 3.05) is 13.2 Å². The second-order valence-corrected chi connectivity index (χ2v) is 5.76. The van der Waals surface area contributed by atoms with Crippen LogP contribution in [0.2, 0.25) is 0 Å². The van der Waals surface area contributed by atoms with Crippen molar-refractivity contribution in [3.05, 3.63) is 66.7 Å². The maximum absolute atomic E-state index is 12.2. The largest absolute Gasteiger partial charge is 0.493 e. The summed E-state index contributed by atoms with van der Waals surface area (Å²) in [6.45, 7) is 3.93. The van der Waals surface area contributed by atoms with E-state index in [1.165, 1.54) is 12.1 Å². The average Bonchev–Trinajstić information content (AvgIpc) is 2.70. The summed E-state index contributed by atoms with van der Waals surface area (Å²) in [5, 5.41) is 19.0. The number of carbonyl (C=O) groups is 2. The predicted molar refractivity (Wildman–Crippen MR) is 104 cm³/mol. The minimum Gasteiger partial charge on any atom is -0.493 e. The summed E-state index contributed by atoms with van der Waals surface area (Å²) in [6.07, 6.45) is 2.35. The van der Waals surface area contributed by atoms with Crippen LogP contribution in [0.3, 0.4) is 0 Å². The number of ether oxygens (including phenoxy) is 3. The molecule has 0 saturated heterocycles. The van der Waals surface area contributed by atoms with Crippen LogP contribution in [0.4, 0.5) is 0 Å². The molecule has 0 radical (unpaired) electrons. The molecule has 0 aliphatic rings. The van der Waals surface area contributed by atoms with Crippen LogP contribution in [0.25, 0.3) is 0 Å². The maximum Gasteiger partial charge on any atom is 0.492 e. The molecule has 0 spiro atoms. The Morgan fingerprint density at radius 2 is 1.75 bits per heavy atom. The van der Waals surface area contributed by atoms with Gasteiger partial charge in [-0.3, -0.25) is 0 Å². The molecule has 146 valence electrons. The van der Waals surface area contributed by atoms with E-state index < -0.39 is 19.1 Å². The summed E-state index contributed by atoms with van der Waals surface area (Å²) in [5.41, 5.74) is 0.384. The van der Waals surface area contributed by atoms with Gasteiger partial charge in [-0.1, -0.05) is 30.8 Å². The molecule has 0 aromatic heterocycles. The van der Waals surface area contributed by atoms with Crippen molar-refractivity contribution in [3.63, 3.8) is 0 Å². The fourth-order valence-electron chi connectivity index (χ4n) is 2.27. The molecular weight excluding hydrogens is 363 g/mol. The van der Waals surface area contributed by atoms with E-state index in [1.54, 1.807) is 36.4 Å². The topological polar surface area (TPSA) is 102 Å². The molecule has 0 saturated carbocycles.